The van der Waals surface area contributed by atoms with Crippen molar-refractivity contribution in [2.75, 3.05) is 6.54 Å². The Bertz CT molecular complexity index is 289. The van der Waals surface area contributed by atoms with Crippen LogP contribution in [0.25, 0.3) is 0 Å². The normalized spacial score (nSPS) is 31.0. The molecule has 0 unspecified atom stereocenters. The van der Waals surface area contributed by atoms with Gasteiger partial charge in [0, 0.05) is 12.6 Å². The molecule has 110 valence electrons. The highest BCUT2D eigenvalue weighted by atomic mass is 16.4. The largest absolute Gasteiger partial charge is 0.481 e. The van der Waals surface area contributed by atoms with Gasteiger partial charge in [-0.1, -0.05) is 26.2 Å². The van der Waals surface area contributed by atoms with E-state index in [0.29, 0.717) is 11.5 Å². The predicted octanol–water partition coefficient (Wildman–Crippen LogP) is 3.58. The van der Waals surface area contributed by atoms with Crippen molar-refractivity contribution in [3.63, 3.8) is 0 Å². The lowest BCUT2D eigenvalue weighted by molar-refractivity contribution is -0.142. The fourth-order valence-corrected chi connectivity index (χ4v) is 3.86. The first-order valence-electron chi connectivity index (χ1n) is 8.11. The molecule has 2 saturated carbocycles. The number of hydrogen-bond acceptors (Lipinski definition) is 2. The first-order valence-corrected chi connectivity index (χ1v) is 8.11. The SMILES string of the molecule is CCC1(CNC2CCC(C(=O)O)CC2)CCCCC1. The molecular weight excluding hydrogens is 238 g/mol. The van der Waals surface area contributed by atoms with Crippen LogP contribution < -0.4 is 5.32 Å². The van der Waals surface area contributed by atoms with Crippen molar-refractivity contribution in [2.24, 2.45) is 11.3 Å². The number of carboxylic acids is 1. The fraction of sp³-hybridized carbons (Fsp3) is 0.938. The summed E-state index contributed by atoms with van der Waals surface area (Å²) >= 11 is 0. The van der Waals surface area contributed by atoms with Crippen LogP contribution in [0.1, 0.15) is 71.1 Å². The molecule has 0 aromatic carbocycles. The van der Waals surface area contributed by atoms with E-state index in [9.17, 15) is 4.79 Å². The molecule has 0 amide bonds. The molecule has 0 spiro atoms. The highest BCUT2D eigenvalue weighted by Gasteiger charge is 2.32. The van der Waals surface area contributed by atoms with E-state index in [2.05, 4.69) is 12.2 Å². The summed E-state index contributed by atoms with van der Waals surface area (Å²) in [5.74, 6) is -0.691. The van der Waals surface area contributed by atoms with E-state index in [-0.39, 0.29) is 5.92 Å². The Hall–Kier alpha value is -0.570. The molecule has 2 rings (SSSR count). The van der Waals surface area contributed by atoms with Crippen LogP contribution >= 0.6 is 0 Å². The third-order valence-corrected chi connectivity index (χ3v) is 5.51. The molecule has 0 aromatic rings. The summed E-state index contributed by atoms with van der Waals surface area (Å²) in [7, 11) is 0. The zero-order valence-corrected chi connectivity index (χ0v) is 12.3. The van der Waals surface area contributed by atoms with Gasteiger partial charge in [0.25, 0.3) is 0 Å². The van der Waals surface area contributed by atoms with Crippen LogP contribution in [0.4, 0.5) is 0 Å². The number of carboxylic acid groups (broad SMARTS) is 1. The van der Waals surface area contributed by atoms with E-state index in [1.165, 1.54) is 38.5 Å². The summed E-state index contributed by atoms with van der Waals surface area (Å²) in [6, 6.07) is 0.556. The van der Waals surface area contributed by atoms with E-state index in [0.717, 1.165) is 32.2 Å². The fourth-order valence-electron chi connectivity index (χ4n) is 3.86. The third kappa shape index (κ3) is 3.95. The molecule has 0 aromatic heterocycles. The average Bonchev–Trinajstić information content (AvgIpc) is 2.46. The second-order valence-electron chi connectivity index (χ2n) is 6.68. The van der Waals surface area contributed by atoms with Gasteiger partial charge in [-0.2, -0.15) is 0 Å². The molecule has 0 radical (unpaired) electrons. The van der Waals surface area contributed by atoms with E-state index >= 15 is 0 Å². The second-order valence-corrected chi connectivity index (χ2v) is 6.68. The summed E-state index contributed by atoms with van der Waals surface area (Å²) in [6.45, 7) is 3.47. The smallest absolute Gasteiger partial charge is 0.306 e. The van der Waals surface area contributed by atoms with Gasteiger partial charge < -0.3 is 10.4 Å². The molecule has 2 fully saturated rings. The monoisotopic (exact) mass is 267 g/mol. The highest BCUT2D eigenvalue weighted by molar-refractivity contribution is 5.70. The minimum atomic E-state index is -0.601. The van der Waals surface area contributed by atoms with Crippen LogP contribution in [0.2, 0.25) is 0 Å². The molecule has 2 aliphatic rings. The van der Waals surface area contributed by atoms with Crippen molar-refractivity contribution in [2.45, 2.75) is 77.2 Å². The Morgan fingerprint density at radius 2 is 1.79 bits per heavy atom. The van der Waals surface area contributed by atoms with Gasteiger partial charge in [-0.25, -0.2) is 0 Å². The van der Waals surface area contributed by atoms with Gasteiger partial charge >= 0.3 is 5.97 Å². The molecule has 0 bridgehead atoms. The van der Waals surface area contributed by atoms with Gasteiger partial charge in [-0.15, -0.1) is 0 Å². The van der Waals surface area contributed by atoms with Gasteiger partial charge in [-0.3, -0.25) is 4.79 Å². The van der Waals surface area contributed by atoms with Crippen molar-refractivity contribution < 1.29 is 9.90 Å². The molecule has 3 nitrogen and oxygen atoms in total. The van der Waals surface area contributed by atoms with Crippen molar-refractivity contribution in [3.05, 3.63) is 0 Å². The first-order chi connectivity index (χ1) is 9.15. The van der Waals surface area contributed by atoms with E-state index in [1.54, 1.807) is 0 Å². The van der Waals surface area contributed by atoms with Crippen molar-refractivity contribution >= 4 is 5.97 Å². The summed E-state index contributed by atoms with van der Waals surface area (Å²) in [6.07, 6.45) is 12.0. The molecule has 19 heavy (non-hydrogen) atoms. The standard InChI is InChI=1S/C16H29NO2/c1-2-16(10-4-3-5-11-16)12-17-14-8-6-13(7-9-14)15(18)19/h13-14,17H,2-12H2,1H3,(H,18,19). The Balaban J connectivity index is 1.75. The summed E-state index contributed by atoms with van der Waals surface area (Å²) < 4.78 is 0. The molecule has 0 saturated heterocycles. The average molecular weight is 267 g/mol. The maximum atomic E-state index is 10.9. The summed E-state index contributed by atoms with van der Waals surface area (Å²) in [5, 5.41) is 12.8. The third-order valence-electron chi connectivity index (χ3n) is 5.51. The topological polar surface area (TPSA) is 49.3 Å². The zero-order valence-electron chi connectivity index (χ0n) is 12.3. The van der Waals surface area contributed by atoms with Crippen LogP contribution in [0, 0.1) is 11.3 Å². The lowest BCUT2D eigenvalue weighted by atomic mass is 9.72. The zero-order chi connectivity index (χ0) is 13.7. The molecule has 3 heteroatoms. The van der Waals surface area contributed by atoms with E-state index in [4.69, 9.17) is 5.11 Å². The first kappa shape index (κ1) is 14.8. The molecule has 0 aliphatic heterocycles. The van der Waals surface area contributed by atoms with Gasteiger partial charge in [0.15, 0.2) is 0 Å². The minimum absolute atomic E-state index is 0.0899. The van der Waals surface area contributed by atoms with E-state index < -0.39 is 5.97 Å². The molecule has 0 heterocycles. The van der Waals surface area contributed by atoms with Crippen LogP contribution in [0.5, 0.6) is 0 Å². The van der Waals surface area contributed by atoms with Gasteiger partial charge in [0.2, 0.25) is 0 Å². The molecule has 0 atom stereocenters. The lowest BCUT2D eigenvalue weighted by Crippen LogP contribution is -2.42. The second kappa shape index (κ2) is 6.74. The Labute approximate surface area is 117 Å². The Morgan fingerprint density at radius 1 is 1.16 bits per heavy atom. The van der Waals surface area contributed by atoms with Crippen molar-refractivity contribution in [1.82, 2.24) is 5.32 Å². The summed E-state index contributed by atoms with van der Waals surface area (Å²) in [5.41, 5.74) is 0.530. The van der Waals surface area contributed by atoms with Crippen LogP contribution in [0.15, 0.2) is 0 Å². The quantitative estimate of drug-likeness (QED) is 0.800. The maximum Gasteiger partial charge on any atom is 0.306 e. The predicted molar refractivity (Wildman–Crippen MR) is 77.2 cm³/mol. The van der Waals surface area contributed by atoms with Gasteiger partial charge in [0.1, 0.15) is 0 Å². The summed E-state index contributed by atoms with van der Waals surface area (Å²) in [4.78, 5) is 10.9. The number of aliphatic carboxylic acids is 1. The van der Waals surface area contributed by atoms with E-state index in [1.807, 2.05) is 0 Å². The maximum absolute atomic E-state index is 10.9. The number of hydrogen-bond donors (Lipinski definition) is 2. The number of rotatable bonds is 5. The van der Waals surface area contributed by atoms with Gasteiger partial charge in [0.05, 0.1) is 5.92 Å². The molecular formula is C16H29NO2. The van der Waals surface area contributed by atoms with Gasteiger partial charge in [-0.05, 0) is 50.4 Å². The van der Waals surface area contributed by atoms with Crippen molar-refractivity contribution in [1.29, 1.82) is 0 Å². The highest BCUT2D eigenvalue weighted by Crippen LogP contribution is 2.39. The molecule has 2 N–H and O–H groups in total. The Morgan fingerprint density at radius 3 is 2.32 bits per heavy atom. The van der Waals surface area contributed by atoms with Crippen LogP contribution in [-0.2, 0) is 4.79 Å². The van der Waals surface area contributed by atoms with Crippen LogP contribution in [0.3, 0.4) is 0 Å². The molecule has 2 aliphatic carbocycles. The Kier molecular flexibility index (Phi) is 5.26. The van der Waals surface area contributed by atoms with Crippen molar-refractivity contribution in [3.8, 4) is 0 Å². The van der Waals surface area contributed by atoms with Crippen LogP contribution in [-0.4, -0.2) is 23.7 Å². The number of nitrogens with one attached hydrogen (secondary N) is 1. The minimum Gasteiger partial charge on any atom is -0.481 e. The lowest BCUT2D eigenvalue weighted by Gasteiger charge is -2.39. The number of carbonyl (C=O) groups is 1.